The van der Waals surface area contributed by atoms with Gasteiger partial charge in [0.25, 0.3) is 0 Å². The first-order chi connectivity index (χ1) is 11.4. The van der Waals surface area contributed by atoms with Gasteiger partial charge in [0.1, 0.15) is 11.6 Å². The van der Waals surface area contributed by atoms with Crippen LogP contribution in [-0.2, 0) is 10.0 Å². The molecule has 0 aliphatic carbocycles. The predicted octanol–water partition coefficient (Wildman–Crippen LogP) is 3.19. The van der Waals surface area contributed by atoms with Gasteiger partial charge in [-0.05, 0) is 29.0 Å². The van der Waals surface area contributed by atoms with Crippen molar-refractivity contribution in [3.05, 3.63) is 65.0 Å². The Morgan fingerprint density at radius 2 is 1.75 bits per heavy atom. The molecule has 0 saturated carbocycles. The number of halogens is 2. The van der Waals surface area contributed by atoms with Gasteiger partial charge in [-0.15, -0.1) is 11.3 Å². The Labute approximate surface area is 141 Å². The van der Waals surface area contributed by atoms with Gasteiger partial charge in [-0.2, -0.15) is 0 Å². The second-order valence-electron chi connectivity index (χ2n) is 5.11. The summed E-state index contributed by atoms with van der Waals surface area (Å²) in [6.45, 7) is -0.392. The van der Waals surface area contributed by atoms with E-state index in [2.05, 4.69) is 4.72 Å². The largest absolute Gasteiger partial charge is 0.387 e. The molecule has 2 N–H and O–H groups in total. The number of fused-ring (bicyclic) bond motifs is 1. The Balaban J connectivity index is 1.82. The maximum absolute atomic E-state index is 13.6. The van der Waals surface area contributed by atoms with Gasteiger partial charge in [0.15, 0.2) is 4.90 Å². The van der Waals surface area contributed by atoms with Gasteiger partial charge in [-0.25, -0.2) is 21.9 Å². The molecule has 0 bridgehead atoms. The number of nitrogens with one attached hydrogen (secondary N) is 1. The first kappa shape index (κ1) is 17.0. The van der Waals surface area contributed by atoms with Crippen LogP contribution in [-0.4, -0.2) is 20.1 Å². The van der Waals surface area contributed by atoms with Crippen molar-refractivity contribution in [1.82, 2.24) is 4.72 Å². The standard InChI is InChI=1S/C16H13F2NO3S2/c17-12-5-3-6-13(18)16(12)24(21,22)19-8-14(20)11-9-23-15-7-2-1-4-10(11)15/h1-7,9,14,19-20H,8H2/t14-/m0/s1. The third-order valence-corrected chi connectivity index (χ3v) is 5.98. The Bertz CT molecular complexity index is 966. The third-order valence-electron chi connectivity index (χ3n) is 3.52. The molecule has 0 spiro atoms. The lowest BCUT2D eigenvalue weighted by atomic mass is 10.1. The first-order valence-corrected chi connectivity index (χ1v) is 9.34. The maximum Gasteiger partial charge on any atom is 0.246 e. The van der Waals surface area contributed by atoms with E-state index in [0.717, 1.165) is 28.3 Å². The molecular formula is C16H13F2NO3S2. The molecule has 126 valence electrons. The van der Waals surface area contributed by atoms with Crippen molar-refractivity contribution >= 4 is 31.4 Å². The minimum Gasteiger partial charge on any atom is -0.387 e. The van der Waals surface area contributed by atoms with Crippen LogP contribution in [0.4, 0.5) is 8.78 Å². The summed E-state index contributed by atoms with van der Waals surface area (Å²) in [5.41, 5.74) is 0.562. The van der Waals surface area contributed by atoms with Gasteiger partial charge >= 0.3 is 0 Å². The molecule has 4 nitrogen and oxygen atoms in total. The molecule has 24 heavy (non-hydrogen) atoms. The minimum absolute atomic E-state index is 0.392. The zero-order valence-corrected chi connectivity index (χ0v) is 13.9. The van der Waals surface area contributed by atoms with E-state index >= 15 is 0 Å². The summed E-state index contributed by atoms with van der Waals surface area (Å²) in [5, 5.41) is 12.8. The molecule has 0 unspecified atom stereocenters. The topological polar surface area (TPSA) is 66.4 Å². The fraction of sp³-hybridized carbons (Fsp3) is 0.125. The molecule has 1 heterocycles. The van der Waals surface area contributed by atoms with Crippen LogP contribution in [0.25, 0.3) is 10.1 Å². The maximum atomic E-state index is 13.6. The van der Waals surface area contributed by atoms with Crippen molar-refractivity contribution in [2.24, 2.45) is 0 Å². The van der Waals surface area contributed by atoms with Gasteiger partial charge in [-0.1, -0.05) is 24.3 Å². The van der Waals surface area contributed by atoms with Gasteiger partial charge in [0.2, 0.25) is 10.0 Å². The lowest BCUT2D eigenvalue weighted by molar-refractivity contribution is 0.184. The van der Waals surface area contributed by atoms with Crippen molar-refractivity contribution < 1.29 is 22.3 Å². The molecule has 0 aliphatic heterocycles. The van der Waals surface area contributed by atoms with E-state index in [9.17, 15) is 22.3 Å². The van der Waals surface area contributed by atoms with Crippen molar-refractivity contribution in [2.45, 2.75) is 11.0 Å². The van der Waals surface area contributed by atoms with Crippen molar-refractivity contribution in [3.63, 3.8) is 0 Å². The lowest BCUT2D eigenvalue weighted by Gasteiger charge is -2.13. The van der Waals surface area contributed by atoms with E-state index in [0.29, 0.717) is 5.56 Å². The number of thiophene rings is 1. The smallest absolute Gasteiger partial charge is 0.246 e. The van der Waals surface area contributed by atoms with Crippen LogP contribution in [0.15, 0.2) is 52.7 Å². The molecule has 3 aromatic rings. The Morgan fingerprint density at radius 3 is 2.46 bits per heavy atom. The molecule has 2 aromatic carbocycles. The summed E-state index contributed by atoms with van der Waals surface area (Å²) in [7, 11) is -4.42. The zero-order chi connectivity index (χ0) is 17.3. The van der Waals surface area contributed by atoms with Crippen molar-refractivity contribution in [2.75, 3.05) is 6.54 Å². The summed E-state index contributed by atoms with van der Waals surface area (Å²) >= 11 is 1.42. The molecule has 1 aromatic heterocycles. The second-order valence-corrected chi connectivity index (χ2v) is 7.72. The van der Waals surface area contributed by atoms with Crippen molar-refractivity contribution in [1.29, 1.82) is 0 Å². The highest BCUT2D eigenvalue weighted by Gasteiger charge is 2.25. The molecule has 3 rings (SSSR count). The van der Waals surface area contributed by atoms with E-state index in [4.69, 9.17) is 0 Å². The van der Waals surface area contributed by atoms with Crippen LogP contribution in [0.1, 0.15) is 11.7 Å². The average Bonchev–Trinajstić information content (AvgIpc) is 2.96. The van der Waals surface area contributed by atoms with Crippen LogP contribution >= 0.6 is 11.3 Å². The fourth-order valence-electron chi connectivity index (χ4n) is 2.37. The normalized spacial score (nSPS) is 13.3. The van der Waals surface area contributed by atoms with E-state index in [-0.39, 0.29) is 0 Å². The molecule has 0 amide bonds. The average molecular weight is 369 g/mol. The summed E-state index contributed by atoms with van der Waals surface area (Å²) in [6.07, 6.45) is -1.13. The van der Waals surface area contributed by atoms with Gasteiger partial charge in [0, 0.05) is 16.8 Å². The number of benzene rings is 2. The van der Waals surface area contributed by atoms with Gasteiger partial charge < -0.3 is 5.11 Å². The first-order valence-electron chi connectivity index (χ1n) is 6.98. The van der Waals surface area contributed by atoms with E-state index in [1.54, 1.807) is 5.38 Å². The monoisotopic (exact) mass is 369 g/mol. The number of rotatable bonds is 5. The van der Waals surface area contributed by atoms with Crippen molar-refractivity contribution in [3.8, 4) is 0 Å². The van der Waals surface area contributed by atoms with E-state index in [1.807, 2.05) is 24.3 Å². The second kappa shape index (κ2) is 6.56. The summed E-state index contributed by atoms with van der Waals surface area (Å²) in [6, 6.07) is 10.2. The fourth-order valence-corrected chi connectivity index (χ4v) is 4.55. The molecular weight excluding hydrogens is 356 g/mol. The number of hydrogen-bond acceptors (Lipinski definition) is 4. The van der Waals surface area contributed by atoms with Crippen LogP contribution < -0.4 is 4.72 Å². The Morgan fingerprint density at radius 1 is 1.08 bits per heavy atom. The number of aliphatic hydroxyl groups is 1. The molecule has 0 radical (unpaired) electrons. The lowest BCUT2D eigenvalue weighted by Crippen LogP contribution is -2.29. The molecule has 0 fully saturated rings. The minimum atomic E-state index is -4.42. The molecule has 0 saturated heterocycles. The van der Waals surface area contributed by atoms with Crippen LogP contribution in [0.5, 0.6) is 0 Å². The summed E-state index contributed by atoms with van der Waals surface area (Å²) in [5.74, 6) is -2.36. The quantitative estimate of drug-likeness (QED) is 0.726. The predicted molar refractivity (Wildman–Crippen MR) is 88.3 cm³/mol. The van der Waals surface area contributed by atoms with Crippen LogP contribution in [0.3, 0.4) is 0 Å². The Hall–Kier alpha value is -1.87. The highest BCUT2D eigenvalue weighted by Crippen LogP contribution is 2.30. The highest BCUT2D eigenvalue weighted by atomic mass is 32.2. The Kier molecular flexibility index (Phi) is 4.64. The van der Waals surface area contributed by atoms with Gasteiger partial charge in [-0.3, -0.25) is 0 Å². The van der Waals surface area contributed by atoms with Gasteiger partial charge in [0.05, 0.1) is 6.10 Å². The van der Waals surface area contributed by atoms with Crippen LogP contribution in [0.2, 0.25) is 0 Å². The highest BCUT2D eigenvalue weighted by molar-refractivity contribution is 7.89. The van der Waals surface area contributed by atoms with Crippen LogP contribution in [0, 0.1) is 11.6 Å². The number of aliphatic hydroxyl groups excluding tert-OH is 1. The van der Waals surface area contributed by atoms with E-state index < -0.39 is 39.2 Å². The number of hydrogen-bond donors (Lipinski definition) is 2. The number of sulfonamides is 1. The summed E-state index contributed by atoms with van der Waals surface area (Å²) < 4.78 is 54.5. The SMILES string of the molecule is O=S(=O)(NC[C@H](O)c1csc2ccccc12)c1c(F)cccc1F. The van der Waals surface area contributed by atoms with E-state index in [1.165, 1.54) is 11.3 Å². The molecule has 0 aliphatic rings. The summed E-state index contributed by atoms with van der Waals surface area (Å²) in [4.78, 5) is -1.05. The third kappa shape index (κ3) is 3.18. The zero-order valence-electron chi connectivity index (χ0n) is 12.2. The molecule has 1 atom stereocenters. The molecule has 8 heteroatoms.